The summed E-state index contributed by atoms with van der Waals surface area (Å²) in [5.41, 5.74) is 2.36. The molecule has 2 aliphatic heterocycles. The second kappa shape index (κ2) is 5.56. The first-order chi connectivity index (χ1) is 11.5. The number of sulfonamides is 1. The van der Waals surface area contributed by atoms with Gasteiger partial charge in [0.1, 0.15) is 0 Å². The van der Waals surface area contributed by atoms with Crippen LogP contribution < -0.4 is 5.32 Å². The summed E-state index contributed by atoms with van der Waals surface area (Å²) in [6, 6.07) is 4.56. The first-order valence-electron chi connectivity index (χ1n) is 8.18. The number of imide groups is 1. The van der Waals surface area contributed by atoms with Gasteiger partial charge in [-0.05, 0) is 48.9 Å². The number of nitrogens with one attached hydrogen (secondary N) is 1. The lowest BCUT2D eigenvalue weighted by Gasteiger charge is -2.41. The van der Waals surface area contributed by atoms with Gasteiger partial charge in [-0.1, -0.05) is 6.07 Å². The summed E-state index contributed by atoms with van der Waals surface area (Å²) < 4.78 is 26.8. The zero-order valence-electron chi connectivity index (χ0n) is 13.2. The summed E-state index contributed by atoms with van der Waals surface area (Å²) in [6.45, 7) is 0.323. The average molecular weight is 349 g/mol. The zero-order valence-corrected chi connectivity index (χ0v) is 14.0. The maximum Gasteiger partial charge on any atom is 0.324 e. The molecular weight excluding hydrogens is 330 g/mol. The molecule has 0 radical (unpaired) electrons. The summed E-state index contributed by atoms with van der Waals surface area (Å²) in [7, 11) is -3.57. The van der Waals surface area contributed by atoms with Crippen molar-refractivity contribution >= 4 is 22.0 Å². The molecule has 1 aliphatic carbocycles. The largest absolute Gasteiger partial charge is 0.329 e. The highest BCUT2D eigenvalue weighted by Crippen LogP contribution is 2.29. The summed E-state index contributed by atoms with van der Waals surface area (Å²) in [5.74, 6) is -0.296. The third kappa shape index (κ3) is 2.41. The van der Waals surface area contributed by atoms with Gasteiger partial charge in [0, 0.05) is 13.1 Å². The fraction of sp³-hybridized carbons (Fsp3) is 0.500. The average Bonchev–Trinajstić information content (AvgIpc) is 2.85. The number of urea groups is 1. The molecule has 0 saturated carbocycles. The van der Waals surface area contributed by atoms with Crippen LogP contribution in [-0.4, -0.2) is 55.2 Å². The molecule has 128 valence electrons. The number of aryl methyl sites for hydroxylation is 2. The van der Waals surface area contributed by atoms with E-state index in [1.807, 2.05) is 6.07 Å². The van der Waals surface area contributed by atoms with E-state index in [0.29, 0.717) is 4.90 Å². The highest BCUT2D eigenvalue weighted by molar-refractivity contribution is 7.89. The van der Waals surface area contributed by atoms with Crippen molar-refractivity contribution in [1.82, 2.24) is 14.5 Å². The molecule has 1 aromatic rings. The molecular formula is C16H19N3O4S. The predicted molar refractivity (Wildman–Crippen MR) is 85.9 cm³/mol. The van der Waals surface area contributed by atoms with Gasteiger partial charge in [0.05, 0.1) is 17.5 Å². The molecule has 3 amide bonds. The third-order valence-electron chi connectivity index (χ3n) is 5.03. The van der Waals surface area contributed by atoms with Crippen molar-refractivity contribution in [3.8, 4) is 0 Å². The molecule has 24 heavy (non-hydrogen) atoms. The SMILES string of the molecule is O=C1CNC(=O)N1C1CN(S(=O)(=O)c2ccc3c(c2)CCCC3)C1. The minimum absolute atomic E-state index is 0.00704. The van der Waals surface area contributed by atoms with Crippen LogP contribution in [0.4, 0.5) is 4.79 Å². The number of rotatable bonds is 3. The molecule has 7 nitrogen and oxygen atoms in total. The second-order valence-corrected chi connectivity index (χ2v) is 8.47. The third-order valence-corrected chi connectivity index (χ3v) is 6.86. The van der Waals surface area contributed by atoms with E-state index in [9.17, 15) is 18.0 Å². The number of amides is 3. The first kappa shape index (κ1) is 15.6. The van der Waals surface area contributed by atoms with Gasteiger partial charge in [-0.25, -0.2) is 13.2 Å². The van der Waals surface area contributed by atoms with Crippen LogP contribution >= 0.6 is 0 Å². The fourth-order valence-corrected chi connectivity index (χ4v) is 5.17. The predicted octanol–water partition coefficient (Wildman–Crippen LogP) is 0.490. The summed E-state index contributed by atoms with van der Waals surface area (Å²) in [4.78, 5) is 24.8. The monoisotopic (exact) mass is 349 g/mol. The van der Waals surface area contributed by atoms with Gasteiger partial charge >= 0.3 is 6.03 Å². The van der Waals surface area contributed by atoms with E-state index in [1.165, 1.54) is 9.87 Å². The highest BCUT2D eigenvalue weighted by atomic mass is 32.2. The van der Waals surface area contributed by atoms with Crippen LogP contribution in [-0.2, 0) is 27.7 Å². The Bertz CT molecular complexity index is 799. The Labute approximate surface area is 140 Å². The lowest BCUT2D eigenvalue weighted by molar-refractivity contribution is -0.128. The van der Waals surface area contributed by atoms with Gasteiger partial charge in [0.15, 0.2) is 0 Å². The molecule has 0 atom stereocenters. The molecule has 2 fully saturated rings. The maximum atomic E-state index is 12.7. The van der Waals surface area contributed by atoms with E-state index in [-0.39, 0.29) is 31.6 Å². The Morgan fingerprint density at radius 2 is 1.75 bits per heavy atom. The topological polar surface area (TPSA) is 86.8 Å². The molecule has 2 heterocycles. The summed E-state index contributed by atoms with van der Waals surface area (Å²) in [5, 5.41) is 2.46. The van der Waals surface area contributed by atoms with Crippen LogP contribution in [0.25, 0.3) is 0 Å². The van der Waals surface area contributed by atoms with Crippen molar-refractivity contribution in [1.29, 1.82) is 0 Å². The lowest BCUT2D eigenvalue weighted by atomic mass is 9.92. The number of hydrogen-bond acceptors (Lipinski definition) is 4. The molecule has 0 spiro atoms. The zero-order chi connectivity index (χ0) is 16.9. The van der Waals surface area contributed by atoms with Crippen molar-refractivity contribution in [3.63, 3.8) is 0 Å². The Hall–Kier alpha value is -1.93. The van der Waals surface area contributed by atoms with Gasteiger partial charge in [-0.2, -0.15) is 4.31 Å². The van der Waals surface area contributed by atoms with Crippen molar-refractivity contribution in [2.75, 3.05) is 19.6 Å². The van der Waals surface area contributed by atoms with E-state index in [1.54, 1.807) is 12.1 Å². The second-order valence-electron chi connectivity index (χ2n) is 6.54. The van der Waals surface area contributed by atoms with Crippen LogP contribution in [0.1, 0.15) is 24.0 Å². The quantitative estimate of drug-likeness (QED) is 0.805. The van der Waals surface area contributed by atoms with E-state index in [4.69, 9.17) is 0 Å². The maximum absolute atomic E-state index is 12.7. The molecule has 0 bridgehead atoms. The minimum atomic E-state index is -3.57. The van der Waals surface area contributed by atoms with Crippen molar-refractivity contribution < 1.29 is 18.0 Å². The van der Waals surface area contributed by atoms with Crippen LogP contribution in [0.2, 0.25) is 0 Å². The van der Waals surface area contributed by atoms with Crippen LogP contribution in [0, 0.1) is 0 Å². The number of carbonyl (C=O) groups is 2. The van der Waals surface area contributed by atoms with Gasteiger partial charge in [-0.15, -0.1) is 0 Å². The van der Waals surface area contributed by atoms with Crippen LogP contribution in [0.3, 0.4) is 0 Å². The fourth-order valence-electron chi connectivity index (χ4n) is 3.60. The Morgan fingerprint density at radius 3 is 2.42 bits per heavy atom. The van der Waals surface area contributed by atoms with E-state index < -0.39 is 16.1 Å². The summed E-state index contributed by atoms with van der Waals surface area (Å²) >= 11 is 0. The van der Waals surface area contributed by atoms with E-state index >= 15 is 0 Å². The molecule has 4 rings (SSSR count). The molecule has 2 saturated heterocycles. The Balaban J connectivity index is 1.51. The van der Waals surface area contributed by atoms with Gasteiger partial charge in [-0.3, -0.25) is 9.69 Å². The number of hydrogen-bond donors (Lipinski definition) is 1. The summed E-state index contributed by atoms with van der Waals surface area (Å²) in [6.07, 6.45) is 4.17. The molecule has 0 aromatic heterocycles. The minimum Gasteiger partial charge on any atom is -0.329 e. The smallest absolute Gasteiger partial charge is 0.324 e. The standard InChI is InChI=1S/C16H19N3O4S/c20-15-8-17-16(21)19(15)13-9-18(10-13)24(22,23)14-6-5-11-3-1-2-4-12(11)7-14/h5-7,13H,1-4,8-10H2,(H,17,21). The van der Waals surface area contributed by atoms with Gasteiger partial charge < -0.3 is 5.32 Å². The normalized spacial score (nSPS) is 22.2. The van der Waals surface area contributed by atoms with E-state index in [2.05, 4.69) is 5.32 Å². The molecule has 1 N–H and O–H groups in total. The molecule has 0 unspecified atom stereocenters. The van der Waals surface area contributed by atoms with Crippen molar-refractivity contribution in [2.45, 2.75) is 36.6 Å². The highest BCUT2D eigenvalue weighted by Gasteiger charge is 2.45. The molecule has 8 heteroatoms. The van der Waals surface area contributed by atoms with Gasteiger partial charge in [0.25, 0.3) is 0 Å². The van der Waals surface area contributed by atoms with Crippen LogP contribution in [0.5, 0.6) is 0 Å². The number of fused-ring (bicyclic) bond motifs is 1. The van der Waals surface area contributed by atoms with Crippen molar-refractivity contribution in [2.24, 2.45) is 0 Å². The first-order valence-corrected chi connectivity index (χ1v) is 9.62. The molecule has 3 aliphatic rings. The van der Waals surface area contributed by atoms with Crippen LogP contribution in [0.15, 0.2) is 23.1 Å². The van der Waals surface area contributed by atoms with Gasteiger partial charge in [0.2, 0.25) is 15.9 Å². The Morgan fingerprint density at radius 1 is 1.04 bits per heavy atom. The Kier molecular flexibility index (Phi) is 3.61. The number of nitrogens with zero attached hydrogens (tertiary/aromatic N) is 2. The molecule has 1 aromatic carbocycles. The van der Waals surface area contributed by atoms with Crippen molar-refractivity contribution in [3.05, 3.63) is 29.3 Å². The number of carbonyl (C=O) groups excluding carboxylic acids is 2. The lowest BCUT2D eigenvalue weighted by Crippen LogP contribution is -2.62. The number of benzene rings is 1. The van der Waals surface area contributed by atoms with E-state index in [0.717, 1.165) is 36.1 Å².